The number of ether oxygens (including phenoxy) is 3. The Morgan fingerprint density at radius 2 is 1.41 bits per heavy atom. The van der Waals surface area contributed by atoms with E-state index in [1.807, 2.05) is 78.9 Å². The van der Waals surface area contributed by atoms with Crippen molar-refractivity contribution in [1.29, 1.82) is 0 Å². The highest BCUT2D eigenvalue weighted by Crippen LogP contribution is 2.19. The zero-order chi connectivity index (χ0) is 23.6. The highest BCUT2D eigenvalue weighted by atomic mass is 16.5. The molecule has 1 aliphatic heterocycles. The van der Waals surface area contributed by atoms with Crippen molar-refractivity contribution in [1.82, 2.24) is 10.2 Å². The Balaban J connectivity index is 1.32. The Kier molecular flexibility index (Phi) is 8.41. The SMILES string of the molecule is COc1cccc(C(=O)NC2CCN(C(COc3ccccc3)COc3ccccc3)CC2)c1. The molecule has 0 saturated carbocycles. The van der Waals surface area contributed by atoms with Gasteiger partial charge < -0.3 is 19.5 Å². The standard InChI is InChI=1S/C28H32N2O4/c1-32-27-14-8-9-22(19-27)28(31)29-23-15-17-30(18-16-23)24(20-33-25-10-4-2-5-11-25)21-34-26-12-6-3-7-13-26/h2-14,19,23-24H,15-18,20-21H2,1H3,(H,29,31). The molecule has 6 heteroatoms. The zero-order valence-corrected chi connectivity index (χ0v) is 19.6. The zero-order valence-electron chi connectivity index (χ0n) is 19.6. The van der Waals surface area contributed by atoms with Crippen LogP contribution in [-0.4, -0.2) is 56.3 Å². The van der Waals surface area contributed by atoms with Gasteiger partial charge in [0.25, 0.3) is 5.91 Å². The number of para-hydroxylation sites is 2. The molecule has 178 valence electrons. The summed E-state index contributed by atoms with van der Waals surface area (Å²) in [6.07, 6.45) is 1.76. The van der Waals surface area contributed by atoms with E-state index in [4.69, 9.17) is 14.2 Å². The van der Waals surface area contributed by atoms with Crippen LogP contribution in [0.5, 0.6) is 17.2 Å². The molecular formula is C28H32N2O4. The summed E-state index contributed by atoms with van der Waals surface area (Å²) >= 11 is 0. The summed E-state index contributed by atoms with van der Waals surface area (Å²) in [5.41, 5.74) is 0.618. The third-order valence-corrected chi connectivity index (χ3v) is 6.08. The van der Waals surface area contributed by atoms with Gasteiger partial charge in [-0.05, 0) is 55.3 Å². The second-order valence-electron chi connectivity index (χ2n) is 8.42. The molecule has 1 heterocycles. The average Bonchev–Trinajstić information content (AvgIpc) is 2.90. The maximum Gasteiger partial charge on any atom is 0.251 e. The summed E-state index contributed by atoms with van der Waals surface area (Å²) in [5, 5.41) is 3.18. The highest BCUT2D eigenvalue weighted by Gasteiger charge is 2.27. The number of carbonyl (C=O) groups excluding carboxylic acids is 1. The Bertz CT molecular complexity index is 977. The first-order valence-corrected chi connectivity index (χ1v) is 11.8. The van der Waals surface area contributed by atoms with Crippen LogP contribution in [0, 0.1) is 0 Å². The molecule has 0 atom stereocenters. The summed E-state index contributed by atoms with van der Waals surface area (Å²) < 4.78 is 17.4. The van der Waals surface area contributed by atoms with Crippen LogP contribution in [0.25, 0.3) is 0 Å². The minimum absolute atomic E-state index is 0.0614. The molecule has 6 nitrogen and oxygen atoms in total. The lowest BCUT2D eigenvalue weighted by atomic mass is 10.0. The number of carbonyl (C=O) groups is 1. The van der Waals surface area contributed by atoms with E-state index in [9.17, 15) is 4.79 Å². The molecule has 3 aromatic carbocycles. The highest BCUT2D eigenvalue weighted by molar-refractivity contribution is 5.94. The van der Waals surface area contributed by atoms with Gasteiger partial charge in [-0.3, -0.25) is 9.69 Å². The van der Waals surface area contributed by atoms with Gasteiger partial charge in [0.05, 0.1) is 13.2 Å². The molecule has 0 bridgehead atoms. The van der Waals surface area contributed by atoms with Gasteiger partial charge in [-0.1, -0.05) is 42.5 Å². The van der Waals surface area contributed by atoms with Crippen LogP contribution in [0.15, 0.2) is 84.9 Å². The van der Waals surface area contributed by atoms with Crippen LogP contribution in [0.1, 0.15) is 23.2 Å². The lowest BCUT2D eigenvalue weighted by molar-refractivity contribution is 0.0651. The molecule has 1 amide bonds. The normalized spacial score (nSPS) is 14.5. The Morgan fingerprint density at radius 1 is 0.853 bits per heavy atom. The Morgan fingerprint density at radius 3 is 1.97 bits per heavy atom. The van der Waals surface area contributed by atoms with Gasteiger partial charge in [-0.25, -0.2) is 0 Å². The van der Waals surface area contributed by atoms with E-state index in [0.29, 0.717) is 24.5 Å². The van der Waals surface area contributed by atoms with Crippen molar-refractivity contribution in [3.63, 3.8) is 0 Å². The summed E-state index contributed by atoms with van der Waals surface area (Å²) in [6, 6.07) is 27.2. The molecular weight excluding hydrogens is 428 g/mol. The van der Waals surface area contributed by atoms with Crippen molar-refractivity contribution in [3.8, 4) is 17.2 Å². The smallest absolute Gasteiger partial charge is 0.251 e. The molecule has 1 fully saturated rings. The quantitative estimate of drug-likeness (QED) is 0.486. The fourth-order valence-electron chi connectivity index (χ4n) is 4.12. The van der Waals surface area contributed by atoms with Gasteiger partial charge >= 0.3 is 0 Å². The van der Waals surface area contributed by atoms with Gasteiger partial charge in [0.15, 0.2) is 0 Å². The van der Waals surface area contributed by atoms with Gasteiger partial charge in [0.2, 0.25) is 0 Å². The van der Waals surface area contributed by atoms with Crippen LogP contribution >= 0.6 is 0 Å². The fraction of sp³-hybridized carbons (Fsp3) is 0.321. The number of methoxy groups -OCH3 is 1. The first kappa shape index (κ1) is 23.6. The van der Waals surface area contributed by atoms with E-state index in [2.05, 4.69) is 10.2 Å². The molecule has 1 N–H and O–H groups in total. The van der Waals surface area contributed by atoms with E-state index in [0.717, 1.165) is 37.4 Å². The number of piperidine rings is 1. The van der Waals surface area contributed by atoms with Crippen molar-refractivity contribution in [2.75, 3.05) is 33.4 Å². The molecule has 4 rings (SSSR count). The van der Waals surface area contributed by atoms with Gasteiger partial charge in [-0.15, -0.1) is 0 Å². The second-order valence-corrected chi connectivity index (χ2v) is 8.42. The van der Waals surface area contributed by atoms with E-state index in [1.165, 1.54) is 0 Å². The van der Waals surface area contributed by atoms with Crippen molar-refractivity contribution >= 4 is 5.91 Å². The number of rotatable bonds is 10. The van der Waals surface area contributed by atoms with E-state index in [1.54, 1.807) is 13.2 Å². The van der Waals surface area contributed by atoms with Crippen LogP contribution < -0.4 is 19.5 Å². The number of hydrogen-bond donors (Lipinski definition) is 1. The molecule has 34 heavy (non-hydrogen) atoms. The maximum atomic E-state index is 12.7. The average molecular weight is 461 g/mol. The number of benzene rings is 3. The minimum Gasteiger partial charge on any atom is -0.497 e. The lowest BCUT2D eigenvalue weighted by Gasteiger charge is -2.37. The summed E-state index contributed by atoms with van der Waals surface area (Å²) in [5.74, 6) is 2.33. The fourth-order valence-corrected chi connectivity index (χ4v) is 4.12. The van der Waals surface area contributed by atoms with E-state index >= 15 is 0 Å². The Hall–Kier alpha value is -3.51. The van der Waals surface area contributed by atoms with Crippen molar-refractivity contribution < 1.29 is 19.0 Å². The van der Waals surface area contributed by atoms with Gasteiger partial charge in [0.1, 0.15) is 30.5 Å². The first-order valence-electron chi connectivity index (χ1n) is 11.8. The predicted octanol–water partition coefficient (Wildman–Crippen LogP) is 4.42. The van der Waals surface area contributed by atoms with Gasteiger partial charge in [0, 0.05) is 24.7 Å². The summed E-state index contributed by atoms with van der Waals surface area (Å²) in [7, 11) is 1.60. The third kappa shape index (κ3) is 6.75. The summed E-state index contributed by atoms with van der Waals surface area (Å²) in [6.45, 7) is 2.81. The number of likely N-dealkylation sites (tertiary alicyclic amines) is 1. The monoisotopic (exact) mass is 460 g/mol. The van der Waals surface area contributed by atoms with E-state index in [-0.39, 0.29) is 18.0 Å². The first-order chi connectivity index (χ1) is 16.7. The minimum atomic E-state index is -0.0614. The van der Waals surface area contributed by atoms with E-state index < -0.39 is 0 Å². The number of hydrogen-bond acceptors (Lipinski definition) is 5. The molecule has 0 radical (unpaired) electrons. The second kappa shape index (κ2) is 12.1. The molecule has 0 aromatic heterocycles. The number of nitrogens with one attached hydrogen (secondary N) is 1. The number of amides is 1. The van der Waals surface area contributed by atoms with Crippen molar-refractivity contribution in [3.05, 3.63) is 90.5 Å². The Labute approximate surface area is 201 Å². The van der Waals surface area contributed by atoms with Crippen molar-refractivity contribution in [2.45, 2.75) is 24.9 Å². The van der Waals surface area contributed by atoms with Crippen LogP contribution in [0.2, 0.25) is 0 Å². The van der Waals surface area contributed by atoms with Crippen LogP contribution in [-0.2, 0) is 0 Å². The van der Waals surface area contributed by atoms with Crippen LogP contribution in [0.3, 0.4) is 0 Å². The van der Waals surface area contributed by atoms with Gasteiger partial charge in [-0.2, -0.15) is 0 Å². The van der Waals surface area contributed by atoms with Crippen molar-refractivity contribution in [2.24, 2.45) is 0 Å². The third-order valence-electron chi connectivity index (χ3n) is 6.08. The molecule has 0 spiro atoms. The maximum absolute atomic E-state index is 12.7. The number of nitrogens with zero attached hydrogens (tertiary/aromatic N) is 1. The largest absolute Gasteiger partial charge is 0.497 e. The molecule has 1 aliphatic rings. The molecule has 1 saturated heterocycles. The summed E-state index contributed by atoms with van der Waals surface area (Å²) in [4.78, 5) is 15.1. The topological polar surface area (TPSA) is 60.0 Å². The lowest BCUT2D eigenvalue weighted by Crippen LogP contribution is -2.51. The van der Waals surface area contributed by atoms with Crippen LogP contribution in [0.4, 0.5) is 0 Å². The molecule has 3 aromatic rings. The molecule has 0 aliphatic carbocycles. The predicted molar refractivity (Wildman–Crippen MR) is 133 cm³/mol. The molecule has 0 unspecified atom stereocenters.